The molecule has 0 bridgehead atoms. The molecule has 9 heteroatoms. The summed E-state index contributed by atoms with van der Waals surface area (Å²) in [5.74, 6) is -0.205. The minimum atomic E-state index is -0.445. The number of nitrogens with one attached hydrogen (secondary N) is 3. The Bertz CT molecular complexity index is 1400. The summed E-state index contributed by atoms with van der Waals surface area (Å²) >= 11 is 0. The molecule has 2 aliphatic heterocycles. The van der Waals surface area contributed by atoms with Crippen molar-refractivity contribution in [2.24, 2.45) is 0 Å². The number of rotatable bonds is 10. The lowest BCUT2D eigenvalue weighted by atomic mass is 10.0. The van der Waals surface area contributed by atoms with Gasteiger partial charge in [0.2, 0.25) is 5.91 Å². The number of likely N-dealkylation sites (tertiary alicyclic amines) is 2. The van der Waals surface area contributed by atoms with Crippen molar-refractivity contribution in [2.75, 3.05) is 56.4 Å². The molecule has 0 spiro atoms. The van der Waals surface area contributed by atoms with Crippen LogP contribution in [0.5, 0.6) is 0 Å². The predicted octanol–water partition coefficient (Wildman–Crippen LogP) is 5.14. The highest BCUT2D eigenvalue weighted by atomic mass is 16.6. The van der Waals surface area contributed by atoms with Gasteiger partial charge < -0.3 is 20.3 Å². The molecule has 43 heavy (non-hydrogen) atoms. The maximum atomic E-state index is 12.9. The van der Waals surface area contributed by atoms with Gasteiger partial charge in [-0.2, -0.15) is 0 Å². The van der Waals surface area contributed by atoms with Crippen molar-refractivity contribution in [1.29, 1.82) is 0 Å². The second kappa shape index (κ2) is 14.8. The number of amides is 3. The van der Waals surface area contributed by atoms with Crippen molar-refractivity contribution in [1.82, 2.24) is 15.1 Å². The van der Waals surface area contributed by atoms with Gasteiger partial charge in [0.25, 0.3) is 5.91 Å². The Morgan fingerprint density at radius 1 is 0.791 bits per heavy atom. The summed E-state index contributed by atoms with van der Waals surface area (Å²) in [6.45, 7) is 6.94. The number of piperidine rings is 1. The van der Waals surface area contributed by atoms with Crippen molar-refractivity contribution in [3.8, 4) is 11.1 Å². The molecule has 0 aromatic heterocycles. The standard InChI is InChI=1S/C34H41N5O4/c1-25-28(13-9-15-30(25)36-32(40)24-39-19-7-8-20-39)33(41)35-18-23-38-21-16-27(17-22-38)43-34(42)37-31-14-6-5-12-29(31)26-10-3-2-4-11-26/h2-6,9-15,27H,7-8,16-24H2,1H3,(H,35,41)(H,36,40)(H,37,42). The van der Waals surface area contributed by atoms with E-state index in [9.17, 15) is 14.4 Å². The first-order valence-corrected chi connectivity index (χ1v) is 15.2. The van der Waals surface area contributed by atoms with Crippen molar-refractivity contribution in [3.63, 3.8) is 0 Å². The Labute approximate surface area is 253 Å². The van der Waals surface area contributed by atoms with Gasteiger partial charge in [0.05, 0.1) is 12.2 Å². The summed E-state index contributed by atoms with van der Waals surface area (Å²) in [6.07, 6.45) is 3.14. The number of ether oxygens (including phenoxy) is 1. The summed E-state index contributed by atoms with van der Waals surface area (Å²) < 4.78 is 5.74. The Kier molecular flexibility index (Phi) is 10.4. The number of hydrogen-bond acceptors (Lipinski definition) is 6. The summed E-state index contributed by atoms with van der Waals surface area (Å²) in [7, 11) is 0. The Hall–Kier alpha value is -4.21. The number of hydrogen-bond donors (Lipinski definition) is 3. The van der Waals surface area contributed by atoms with Gasteiger partial charge in [-0.1, -0.05) is 54.6 Å². The summed E-state index contributed by atoms with van der Waals surface area (Å²) in [4.78, 5) is 42.6. The van der Waals surface area contributed by atoms with E-state index in [1.54, 1.807) is 12.1 Å². The Morgan fingerprint density at radius 3 is 2.26 bits per heavy atom. The Morgan fingerprint density at radius 2 is 1.49 bits per heavy atom. The van der Waals surface area contributed by atoms with E-state index in [2.05, 4.69) is 25.8 Å². The van der Waals surface area contributed by atoms with Crippen LogP contribution in [0, 0.1) is 6.92 Å². The molecule has 2 aliphatic rings. The quantitative estimate of drug-likeness (QED) is 0.306. The molecule has 0 saturated carbocycles. The maximum Gasteiger partial charge on any atom is 0.411 e. The number of carbonyl (C=O) groups excluding carboxylic acids is 3. The van der Waals surface area contributed by atoms with Crippen molar-refractivity contribution >= 4 is 29.3 Å². The van der Waals surface area contributed by atoms with Crippen LogP contribution in [0.2, 0.25) is 0 Å². The highest BCUT2D eigenvalue weighted by molar-refractivity contribution is 5.99. The molecule has 0 unspecified atom stereocenters. The van der Waals surface area contributed by atoms with Gasteiger partial charge in [0.15, 0.2) is 0 Å². The van der Waals surface area contributed by atoms with E-state index in [1.165, 1.54) is 0 Å². The van der Waals surface area contributed by atoms with Crippen LogP contribution in [0.3, 0.4) is 0 Å². The second-order valence-corrected chi connectivity index (χ2v) is 11.2. The fourth-order valence-electron chi connectivity index (χ4n) is 5.78. The lowest BCUT2D eigenvalue weighted by Gasteiger charge is -2.31. The fraction of sp³-hybridized carbons (Fsp3) is 0.382. The molecule has 0 aliphatic carbocycles. The molecule has 0 radical (unpaired) electrons. The third kappa shape index (κ3) is 8.43. The average molecular weight is 584 g/mol. The van der Waals surface area contributed by atoms with E-state index < -0.39 is 6.09 Å². The molecule has 226 valence electrons. The van der Waals surface area contributed by atoms with Gasteiger partial charge in [-0.15, -0.1) is 0 Å². The number of nitrogens with zero attached hydrogens (tertiary/aromatic N) is 2. The number of anilines is 2. The lowest BCUT2D eigenvalue weighted by molar-refractivity contribution is -0.117. The lowest BCUT2D eigenvalue weighted by Crippen LogP contribution is -2.42. The van der Waals surface area contributed by atoms with Crippen LogP contribution in [0.25, 0.3) is 11.1 Å². The zero-order chi connectivity index (χ0) is 30.0. The van der Waals surface area contributed by atoms with E-state index in [0.29, 0.717) is 30.9 Å². The highest BCUT2D eigenvalue weighted by Crippen LogP contribution is 2.28. The van der Waals surface area contributed by atoms with Gasteiger partial charge in [0.1, 0.15) is 6.10 Å². The van der Waals surface area contributed by atoms with Gasteiger partial charge in [-0.05, 0) is 75.0 Å². The van der Waals surface area contributed by atoms with Crippen LogP contribution in [0.1, 0.15) is 41.6 Å². The molecule has 5 rings (SSSR count). The summed E-state index contributed by atoms with van der Waals surface area (Å²) in [5.41, 5.74) is 4.69. The molecule has 0 atom stereocenters. The van der Waals surface area contributed by atoms with Crippen LogP contribution >= 0.6 is 0 Å². The highest BCUT2D eigenvalue weighted by Gasteiger charge is 2.23. The summed E-state index contributed by atoms with van der Waals surface area (Å²) in [5, 5.41) is 8.91. The van der Waals surface area contributed by atoms with E-state index in [4.69, 9.17) is 4.74 Å². The van der Waals surface area contributed by atoms with Crippen molar-refractivity contribution in [3.05, 3.63) is 83.9 Å². The third-order valence-electron chi connectivity index (χ3n) is 8.19. The van der Waals surface area contributed by atoms with E-state index in [-0.39, 0.29) is 17.9 Å². The van der Waals surface area contributed by atoms with E-state index in [1.807, 2.05) is 67.6 Å². The molecule has 3 amide bonds. The summed E-state index contributed by atoms with van der Waals surface area (Å²) in [6, 6.07) is 23.1. The monoisotopic (exact) mass is 583 g/mol. The predicted molar refractivity (Wildman–Crippen MR) is 169 cm³/mol. The van der Waals surface area contributed by atoms with Crippen molar-refractivity contribution < 1.29 is 19.1 Å². The van der Waals surface area contributed by atoms with Crippen LogP contribution in [-0.2, 0) is 9.53 Å². The van der Waals surface area contributed by atoms with Gasteiger partial charge >= 0.3 is 6.09 Å². The SMILES string of the molecule is Cc1c(NC(=O)CN2CCCC2)cccc1C(=O)NCCN1CCC(OC(=O)Nc2ccccc2-c2ccccc2)CC1. The van der Waals surface area contributed by atoms with E-state index in [0.717, 1.165) is 74.2 Å². The molecule has 3 N–H and O–H groups in total. The first-order chi connectivity index (χ1) is 21.0. The molecular weight excluding hydrogens is 542 g/mol. The number of carbonyl (C=O) groups is 3. The van der Waals surface area contributed by atoms with Crippen LogP contribution in [0.15, 0.2) is 72.8 Å². The van der Waals surface area contributed by atoms with Gasteiger partial charge in [-0.25, -0.2) is 4.79 Å². The molecule has 3 aromatic carbocycles. The molecule has 9 nitrogen and oxygen atoms in total. The smallest absolute Gasteiger partial charge is 0.411 e. The first-order valence-electron chi connectivity index (χ1n) is 15.2. The van der Waals surface area contributed by atoms with Crippen LogP contribution < -0.4 is 16.0 Å². The molecule has 2 saturated heterocycles. The molecule has 2 heterocycles. The largest absolute Gasteiger partial charge is 0.446 e. The van der Waals surface area contributed by atoms with Crippen molar-refractivity contribution in [2.45, 2.75) is 38.7 Å². The fourth-order valence-corrected chi connectivity index (χ4v) is 5.78. The van der Waals surface area contributed by atoms with E-state index >= 15 is 0 Å². The van der Waals surface area contributed by atoms with Gasteiger partial charge in [0, 0.05) is 43.0 Å². The first kappa shape index (κ1) is 30.3. The topological polar surface area (TPSA) is 103 Å². The maximum absolute atomic E-state index is 12.9. The second-order valence-electron chi connectivity index (χ2n) is 11.2. The Balaban J connectivity index is 1.03. The zero-order valence-corrected chi connectivity index (χ0v) is 24.8. The molecule has 3 aromatic rings. The zero-order valence-electron chi connectivity index (χ0n) is 24.8. The third-order valence-corrected chi connectivity index (χ3v) is 8.19. The average Bonchev–Trinajstić information content (AvgIpc) is 3.52. The number of para-hydroxylation sites is 1. The minimum absolute atomic E-state index is 0.0515. The van der Waals surface area contributed by atoms with Crippen LogP contribution in [-0.4, -0.2) is 79.6 Å². The van der Waals surface area contributed by atoms with Gasteiger partial charge in [-0.3, -0.25) is 19.8 Å². The molecular formula is C34H41N5O4. The normalized spacial score (nSPS) is 16.0. The van der Waals surface area contributed by atoms with Crippen LogP contribution in [0.4, 0.5) is 16.2 Å². The minimum Gasteiger partial charge on any atom is -0.446 e. The molecule has 2 fully saturated rings. The number of benzene rings is 3.